The van der Waals surface area contributed by atoms with Gasteiger partial charge in [-0.15, -0.1) is 0 Å². The van der Waals surface area contributed by atoms with Gasteiger partial charge in [0.1, 0.15) is 11.6 Å². The number of para-hydroxylation sites is 1. The van der Waals surface area contributed by atoms with Crippen molar-refractivity contribution < 1.29 is 4.39 Å². The molecule has 0 aliphatic carbocycles. The summed E-state index contributed by atoms with van der Waals surface area (Å²) in [6.07, 6.45) is 6.41. The lowest BCUT2D eigenvalue weighted by atomic mass is 9.95. The summed E-state index contributed by atoms with van der Waals surface area (Å²) in [6.45, 7) is 12.1. The molecule has 5 nitrogen and oxygen atoms in total. The van der Waals surface area contributed by atoms with Gasteiger partial charge < -0.3 is 9.88 Å². The fourth-order valence-electron chi connectivity index (χ4n) is 6.01. The average molecular weight is 522 g/mol. The van der Waals surface area contributed by atoms with Crippen LogP contribution in [0.3, 0.4) is 0 Å². The Morgan fingerprint density at radius 2 is 1.82 bits per heavy atom. The number of hydrogen-bond donors (Lipinski definition) is 1. The molecule has 3 aromatic heterocycles. The van der Waals surface area contributed by atoms with E-state index in [-0.39, 0.29) is 5.82 Å². The van der Waals surface area contributed by atoms with Crippen molar-refractivity contribution in [3.8, 4) is 16.9 Å². The Bertz CT molecular complexity index is 1640. The first-order chi connectivity index (χ1) is 18.9. The van der Waals surface area contributed by atoms with E-state index in [1.807, 2.05) is 25.4 Å². The second-order valence-corrected chi connectivity index (χ2v) is 10.9. The maximum absolute atomic E-state index is 16.1. The van der Waals surface area contributed by atoms with Crippen molar-refractivity contribution in [2.45, 2.75) is 66.3 Å². The number of anilines is 1. The summed E-state index contributed by atoms with van der Waals surface area (Å²) in [7, 11) is 0. The molecule has 0 radical (unpaired) electrons. The van der Waals surface area contributed by atoms with Crippen LogP contribution in [-0.2, 0) is 25.8 Å². The van der Waals surface area contributed by atoms with E-state index >= 15 is 4.39 Å². The molecule has 1 N–H and O–H groups in total. The molecule has 6 heteroatoms. The van der Waals surface area contributed by atoms with E-state index in [2.05, 4.69) is 72.6 Å². The standard InChI is InChI=1S/C33H36FN5/c1-6-22-9-8-10-23(7-2)32(22)39-33(30-25-13-15-35-31(25)21(5)17-27(30)34)26-19-38(16-14-28(26)37-39)29-12-11-24(18-36-29)20(3)4/h8-13,15,17-18,20,35H,6-7,14,16,19H2,1-5H3. The van der Waals surface area contributed by atoms with Gasteiger partial charge in [-0.25, -0.2) is 14.1 Å². The highest BCUT2D eigenvalue weighted by atomic mass is 19.1. The Labute approximate surface area is 229 Å². The monoisotopic (exact) mass is 521 g/mol. The van der Waals surface area contributed by atoms with Crippen LogP contribution in [0.15, 0.2) is 54.9 Å². The summed E-state index contributed by atoms with van der Waals surface area (Å²) in [5.41, 5.74) is 10.2. The van der Waals surface area contributed by atoms with Gasteiger partial charge in [0.25, 0.3) is 0 Å². The molecule has 39 heavy (non-hydrogen) atoms. The molecule has 0 spiro atoms. The van der Waals surface area contributed by atoms with Gasteiger partial charge in [0.2, 0.25) is 0 Å². The van der Waals surface area contributed by atoms with Crippen molar-refractivity contribution in [2.75, 3.05) is 11.4 Å². The van der Waals surface area contributed by atoms with Crippen LogP contribution in [0, 0.1) is 12.7 Å². The third-order valence-electron chi connectivity index (χ3n) is 8.20. The summed E-state index contributed by atoms with van der Waals surface area (Å²) in [5, 5.41) is 6.12. The smallest absolute Gasteiger partial charge is 0.133 e. The van der Waals surface area contributed by atoms with Gasteiger partial charge in [0.05, 0.1) is 17.1 Å². The molecule has 0 fully saturated rings. The highest BCUT2D eigenvalue weighted by Crippen LogP contribution is 2.41. The molecule has 2 aromatic carbocycles. The van der Waals surface area contributed by atoms with E-state index in [4.69, 9.17) is 10.1 Å². The summed E-state index contributed by atoms with van der Waals surface area (Å²) < 4.78 is 18.2. The Hall–Kier alpha value is -3.93. The van der Waals surface area contributed by atoms with Crippen LogP contribution >= 0.6 is 0 Å². The SMILES string of the molecule is CCc1cccc(CC)c1-n1nc2c(c1-c1c(F)cc(C)c3[nH]ccc13)CN(c1ccc(C(C)C)cn1)CC2. The molecule has 200 valence electrons. The molecule has 1 aliphatic heterocycles. The van der Waals surface area contributed by atoms with Crippen LogP contribution in [0.5, 0.6) is 0 Å². The first-order valence-corrected chi connectivity index (χ1v) is 14.1. The number of benzene rings is 2. The maximum atomic E-state index is 16.1. The number of aromatic nitrogens is 4. The van der Waals surface area contributed by atoms with Gasteiger partial charge in [0, 0.05) is 53.9 Å². The van der Waals surface area contributed by atoms with Gasteiger partial charge in [0.15, 0.2) is 0 Å². The number of nitrogens with one attached hydrogen (secondary N) is 1. The number of fused-ring (bicyclic) bond motifs is 2. The molecular weight excluding hydrogens is 485 g/mol. The minimum atomic E-state index is -0.216. The van der Waals surface area contributed by atoms with E-state index < -0.39 is 0 Å². The number of hydrogen-bond acceptors (Lipinski definition) is 3. The van der Waals surface area contributed by atoms with E-state index in [9.17, 15) is 0 Å². The van der Waals surface area contributed by atoms with Gasteiger partial charge in [-0.2, -0.15) is 5.10 Å². The number of H-pyrrole nitrogens is 1. The molecule has 1 aliphatic rings. The minimum absolute atomic E-state index is 0.216. The van der Waals surface area contributed by atoms with E-state index in [1.54, 1.807) is 6.07 Å². The second kappa shape index (κ2) is 9.99. The number of nitrogens with zero attached hydrogens (tertiary/aromatic N) is 4. The van der Waals surface area contributed by atoms with Crippen LogP contribution in [0.4, 0.5) is 10.2 Å². The fraction of sp³-hybridized carbons (Fsp3) is 0.333. The zero-order valence-corrected chi connectivity index (χ0v) is 23.5. The van der Waals surface area contributed by atoms with Gasteiger partial charge in [-0.1, -0.05) is 52.0 Å². The first-order valence-electron chi connectivity index (χ1n) is 14.1. The van der Waals surface area contributed by atoms with Crippen LogP contribution in [0.2, 0.25) is 0 Å². The molecule has 0 atom stereocenters. The van der Waals surface area contributed by atoms with E-state index in [0.717, 1.165) is 70.7 Å². The number of aromatic amines is 1. The molecule has 0 amide bonds. The molecular formula is C33H36FN5. The highest BCUT2D eigenvalue weighted by molar-refractivity contribution is 5.97. The molecule has 5 aromatic rings. The molecule has 0 saturated carbocycles. The van der Waals surface area contributed by atoms with Crippen molar-refractivity contribution >= 4 is 16.7 Å². The van der Waals surface area contributed by atoms with Gasteiger partial charge in [-0.3, -0.25) is 0 Å². The largest absolute Gasteiger partial charge is 0.361 e. The van der Waals surface area contributed by atoms with Gasteiger partial charge in [-0.05, 0) is 66.1 Å². The molecule has 0 bridgehead atoms. The second-order valence-electron chi connectivity index (χ2n) is 10.9. The summed E-state index contributed by atoms with van der Waals surface area (Å²) in [6, 6.07) is 14.4. The molecule has 0 saturated heterocycles. The maximum Gasteiger partial charge on any atom is 0.133 e. The number of pyridine rings is 1. The minimum Gasteiger partial charge on any atom is -0.361 e. The van der Waals surface area contributed by atoms with Crippen molar-refractivity contribution in [2.24, 2.45) is 0 Å². The quantitative estimate of drug-likeness (QED) is 0.249. The Kier molecular flexibility index (Phi) is 6.49. The fourth-order valence-corrected chi connectivity index (χ4v) is 6.01. The molecule has 4 heterocycles. The molecule has 0 unspecified atom stereocenters. The lowest BCUT2D eigenvalue weighted by Crippen LogP contribution is -2.31. The van der Waals surface area contributed by atoms with E-state index in [1.165, 1.54) is 16.7 Å². The van der Waals surface area contributed by atoms with Crippen LogP contribution in [-0.4, -0.2) is 26.3 Å². The topological polar surface area (TPSA) is 49.7 Å². The lowest BCUT2D eigenvalue weighted by Gasteiger charge is -2.28. The van der Waals surface area contributed by atoms with Crippen LogP contribution < -0.4 is 4.90 Å². The number of rotatable bonds is 6. The first kappa shape index (κ1) is 25.4. The predicted molar refractivity (Wildman–Crippen MR) is 157 cm³/mol. The van der Waals surface area contributed by atoms with Crippen molar-refractivity contribution in [1.29, 1.82) is 0 Å². The number of halogens is 1. The summed E-state index contributed by atoms with van der Waals surface area (Å²) >= 11 is 0. The van der Waals surface area contributed by atoms with E-state index in [0.29, 0.717) is 18.0 Å². The average Bonchev–Trinajstić information content (AvgIpc) is 3.58. The zero-order valence-electron chi connectivity index (χ0n) is 23.5. The Morgan fingerprint density at radius 1 is 1.05 bits per heavy atom. The van der Waals surface area contributed by atoms with Crippen molar-refractivity contribution in [3.05, 3.63) is 94.2 Å². The zero-order chi connectivity index (χ0) is 27.3. The number of aryl methyl sites for hydroxylation is 3. The van der Waals surface area contributed by atoms with Crippen LogP contribution in [0.1, 0.15) is 67.1 Å². The molecule has 6 rings (SSSR count). The summed E-state index contributed by atoms with van der Waals surface area (Å²) in [5.74, 6) is 1.17. The van der Waals surface area contributed by atoms with Crippen molar-refractivity contribution in [3.63, 3.8) is 0 Å². The third kappa shape index (κ3) is 4.22. The Balaban J connectivity index is 1.59. The normalized spacial score (nSPS) is 13.5. The Morgan fingerprint density at radius 3 is 2.49 bits per heavy atom. The van der Waals surface area contributed by atoms with Crippen LogP contribution in [0.25, 0.3) is 27.8 Å². The summed E-state index contributed by atoms with van der Waals surface area (Å²) in [4.78, 5) is 10.4. The third-order valence-corrected chi connectivity index (χ3v) is 8.20. The predicted octanol–water partition coefficient (Wildman–Crippen LogP) is 7.67. The van der Waals surface area contributed by atoms with Crippen molar-refractivity contribution in [1.82, 2.24) is 19.7 Å². The lowest BCUT2D eigenvalue weighted by molar-refractivity contribution is 0.630. The highest BCUT2D eigenvalue weighted by Gasteiger charge is 2.31. The van der Waals surface area contributed by atoms with Gasteiger partial charge >= 0.3 is 0 Å².